The first-order valence-corrected chi connectivity index (χ1v) is 9.29. The van der Waals surface area contributed by atoms with Crippen LogP contribution in [0.1, 0.15) is 30.0 Å². The smallest absolute Gasteiger partial charge is 0.225 e. The molecule has 2 saturated heterocycles. The summed E-state index contributed by atoms with van der Waals surface area (Å²) in [6.07, 6.45) is 6.74. The summed E-state index contributed by atoms with van der Waals surface area (Å²) in [6.45, 7) is 5.15. The molecule has 0 radical (unpaired) electrons. The van der Waals surface area contributed by atoms with E-state index in [1.165, 1.54) is 0 Å². The highest BCUT2D eigenvalue weighted by Crippen LogP contribution is 2.37. The van der Waals surface area contributed by atoms with E-state index in [-0.39, 0.29) is 11.7 Å². The van der Waals surface area contributed by atoms with Crippen molar-refractivity contribution < 1.29 is 9.47 Å². The van der Waals surface area contributed by atoms with Crippen molar-refractivity contribution >= 4 is 17.3 Å². The van der Waals surface area contributed by atoms with Crippen LogP contribution in [0.15, 0.2) is 23.8 Å². The SMILES string of the molecule is Cc1nc(COC2COC3(CCN(c4ncccn4)CC3)C2)cs1. The molecule has 2 fully saturated rings. The van der Waals surface area contributed by atoms with Gasteiger partial charge >= 0.3 is 0 Å². The number of piperidine rings is 1. The Morgan fingerprint density at radius 1 is 1.33 bits per heavy atom. The minimum absolute atomic E-state index is 0.0338. The first-order chi connectivity index (χ1) is 11.7. The molecular formula is C17H22N4O2S. The van der Waals surface area contributed by atoms with Gasteiger partial charge in [0.1, 0.15) is 0 Å². The number of rotatable bonds is 4. The molecule has 7 heteroatoms. The number of aryl methyl sites for hydroxylation is 1. The molecule has 4 heterocycles. The zero-order chi connectivity index (χ0) is 16.4. The van der Waals surface area contributed by atoms with Gasteiger partial charge in [0.15, 0.2) is 0 Å². The standard InChI is InChI=1S/C17H22N4O2S/c1-13-20-14(12-24-13)10-22-15-9-17(23-11-15)3-7-21(8-4-17)16-18-5-2-6-19-16/h2,5-6,12,15H,3-4,7-11H2,1H3. The van der Waals surface area contributed by atoms with Crippen molar-refractivity contribution in [3.8, 4) is 0 Å². The Hall–Kier alpha value is -1.57. The molecule has 0 N–H and O–H groups in total. The van der Waals surface area contributed by atoms with Crippen molar-refractivity contribution in [1.29, 1.82) is 0 Å². The molecule has 128 valence electrons. The normalized spacial score (nSPS) is 23.0. The van der Waals surface area contributed by atoms with Crippen LogP contribution in [0.2, 0.25) is 0 Å². The quantitative estimate of drug-likeness (QED) is 0.848. The van der Waals surface area contributed by atoms with Crippen LogP contribution in [-0.2, 0) is 16.1 Å². The molecule has 1 spiro atoms. The summed E-state index contributed by atoms with van der Waals surface area (Å²) in [7, 11) is 0. The Bertz CT molecular complexity index is 670. The molecule has 2 aromatic rings. The highest BCUT2D eigenvalue weighted by atomic mass is 32.1. The predicted octanol–water partition coefficient (Wildman–Crippen LogP) is 2.59. The fraction of sp³-hybridized carbons (Fsp3) is 0.588. The van der Waals surface area contributed by atoms with Crippen molar-refractivity contribution in [3.63, 3.8) is 0 Å². The second-order valence-electron chi connectivity index (χ2n) is 6.52. The number of ether oxygens (including phenoxy) is 2. The Labute approximate surface area is 145 Å². The number of aromatic nitrogens is 3. The Morgan fingerprint density at radius 2 is 2.12 bits per heavy atom. The second-order valence-corrected chi connectivity index (χ2v) is 7.59. The third-order valence-electron chi connectivity index (χ3n) is 4.82. The zero-order valence-electron chi connectivity index (χ0n) is 13.9. The summed E-state index contributed by atoms with van der Waals surface area (Å²) in [4.78, 5) is 15.4. The molecule has 2 aliphatic heterocycles. The van der Waals surface area contributed by atoms with Crippen LogP contribution in [0.3, 0.4) is 0 Å². The van der Waals surface area contributed by atoms with Gasteiger partial charge in [-0.05, 0) is 25.8 Å². The van der Waals surface area contributed by atoms with E-state index >= 15 is 0 Å². The maximum absolute atomic E-state index is 6.16. The van der Waals surface area contributed by atoms with E-state index in [0.29, 0.717) is 13.2 Å². The third kappa shape index (κ3) is 3.43. The van der Waals surface area contributed by atoms with Gasteiger partial charge in [0, 0.05) is 37.3 Å². The van der Waals surface area contributed by atoms with Crippen LogP contribution in [0.25, 0.3) is 0 Å². The summed E-state index contributed by atoms with van der Waals surface area (Å²) in [5, 5.41) is 3.16. The van der Waals surface area contributed by atoms with Gasteiger partial charge in [-0.2, -0.15) is 0 Å². The molecule has 0 aliphatic carbocycles. The van der Waals surface area contributed by atoms with Gasteiger partial charge in [-0.25, -0.2) is 15.0 Å². The first-order valence-electron chi connectivity index (χ1n) is 8.41. The number of nitrogens with zero attached hydrogens (tertiary/aromatic N) is 4. The highest BCUT2D eigenvalue weighted by molar-refractivity contribution is 7.09. The van der Waals surface area contributed by atoms with Crippen molar-refractivity contribution in [2.24, 2.45) is 0 Å². The molecular weight excluding hydrogens is 324 g/mol. The molecule has 0 saturated carbocycles. The lowest BCUT2D eigenvalue weighted by Gasteiger charge is -2.38. The van der Waals surface area contributed by atoms with E-state index < -0.39 is 0 Å². The minimum atomic E-state index is -0.0338. The van der Waals surface area contributed by atoms with Crippen LogP contribution in [0.4, 0.5) is 5.95 Å². The molecule has 1 unspecified atom stereocenters. The topological polar surface area (TPSA) is 60.4 Å². The largest absolute Gasteiger partial charge is 0.372 e. The van der Waals surface area contributed by atoms with Crippen molar-refractivity contribution in [2.45, 2.75) is 44.5 Å². The van der Waals surface area contributed by atoms with Crippen molar-refractivity contribution in [2.75, 3.05) is 24.6 Å². The van der Waals surface area contributed by atoms with Gasteiger partial charge < -0.3 is 14.4 Å². The van der Waals surface area contributed by atoms with Crippen molar-refractivity contribution in [1.82, 2.24) is 15.0 Å². The lowest BCUT2D eigenvalue weighted by molar-refractivity contribution is -0.0206. The lowest BCUT2D eigenvalue weighted by atomic mass is 9.88. The molecule has 0 aromatic carbocycles. The highest BCUT2D eigenvalue weighted by Gasteiger charge is 2.43. The van der Waals surface area contributed by atoms with E-state index in [0.717, 1.165) is 49.0 Å². The second kappa shape index (κ2) is 6.74. The number of hydrogen-bond donors (Lipinski definition) is 0. The van der Waals surface area contributed by atoms with Crippen LogP contribution in [0.5, 0.6) is 0 Å². The summed E-state index contributed by atoms with van der Waals surface area (Å²) in [6, 6.07) is 1.85. The summed E-state index contributed by atoms with van der Waals surface area (Å²) in [5.41, 5.74) is 0.989. The van der Waals surface area contributed by atoms with Gasteiger partial charge in [0.05, 0.1) is 35.6 Å². The molecule has 2 aliphatic rings. The average Bonchev–Trinajstić information content (AvgIpc) is 3.21. The lowest BCUT2D eigenvalue weighted by Crippen LogP contribution is -2.45. The number of anilines is 1. The molecule has 0 amide bonds. The molecule has 6 nitrogen and oxygen atoms in total. The fourth-order valence-electron chi connectivity index (χ4n) is 3.50. The van der Waals surface area contributed by atoms with Gasteiger partial charge in [-0.3, -0.25) is 0 Å². The maximum atomic E-state index is 6.16. The van der Waals surface area contributed by atoms with E-state index in [2.05, 4.69) is 25.2 Å². The Balaban J connectivity index is 1.29. The van der Waals surface area contributed by atoms with Gasteiger partial charge in [-0.15, -0.1) is 11.3 Å². The number of hydrogen-bond acceptors (Lipinski definition) is 7. The molecule has 24 heavy (non-hydrogen) atoms. The van der Waals surface area contributed by atoms with Crippen LogP contribution in [0, 0.1) is 6.92 Å². The zero-order valence-corrected chi connectivity index (χ0v) is 14.7. The van der Waals surface area contributed by atoms with E-state index in [4.69, 9.17) is 9.47 Å². The van der Waals surface area contributed by atoms with Gasteiger partial charge in [0.25, 0.3) is 0 Å². The summed E-state index contributed by atoms with van der Waals surface area (Å²) < 4.78 is 12.2. The predicted molar refractivity (Wildman–Crippen MR) is 92.2 cm³/mol. The Kier molecular flexibility index (Phi) is 4.47. The first kappa shape index (κ1) is 15.9. The summed E-state index contributed by atoms with van der Waals surface area (Å²) in [5.74, 6) is 0.817. The average molecular weight is 346 g/mol. The monoisotopic (exact) mass is 346 g/mol. The molecule has 0 bridgehead atoms. The summed E-state index contributed by atoms with van der Waals surface area (Å²) >= 11 is 1.67. The molecule has 1 atom stereocenters. The van der Waals surface area contributed by atoms with Gasteiger partial charge in [-0.1, -0.05) is 0 Å². The third-order valence-corrected chi connectivity index (χ3v) is 5.64. The van der Waals surface area contributed by atoms with Crippen LogP contribution >= 0.6 is 11.3 Å². The van der Waals surface area contributed by atoms with E-state index in [1.54, 1.807) is 23.7 Å². The van der Waals surface area contributed by atoms with E-state index in [1.807, 2.05) is 13.0 Å². The van der Waals surface area contributed by atoms with Crippen LogP contribution in [-0.4, -0.2) is 46.4 Å². The molecule has 4 rings (SSSR count). The van der Waals surface area contributed by atoms with Gasteiger partial charge in [0.2, 0.25) is 5.95 Å². The van der Waals surface area contributed by atoms with Crippen molar-refractivity contribution in [3.05, 3.63) is 34.5 Å². The maximum Gasteiger partial charge on any atom is 0.225 e. The minimum Gasteiger partial charge on any atom is -0.372 e. The van der Waals surface area contributed by atoms with E-state index in [9.17, 15) is 0 Å². The fourth-order valence-corrected chi connectivity index (χ4v) is 4.10. The Morgan fingerprint density at radius 3 is 2.83 bits per heavy atom. The van der Waals surface area contributed by atoms with Crippen LogP contribution < -0.4 is 4.90 Å². The number of thiazole rings is 1. The molecule has 2 aromatic heterocycles.